The second-order valence-corrected chi connectivity index (χ2v) is 9.02. The van der Waals surface area contributed by atoms with Crippen LogP contribution in [0.3, 0.4) is 0 Å². The predicted octanol–water partition coefficient (Wildman–Crippen LogP) is 6.12. The third-order valence-electron chi connectivity index (χ3n) is 5.08. The molecule has 0 atom stereocenters. The van der Waals surface area contributed by atoms with Gasteiger partial charge in [0, 0.05) is 31.9 Å². The van der Waals surface area contributed by atoms with Gasteiger partial charge in [0.2, 0.25) is 5.24 Å². The Bertz CT molecular complexity index is 1630. The summed E-state index contributed by atoms with van der Waals surface area (Å²) in [6, 6.07) is 14.3. The lowest BCUT2D eigenvalue weighted by atomic mass is 10.1. The van der Waals surface area contributed by atoms with Gasteiger partial charge in [-0.05, 0) is 80.0 Å². The van der Waals surface area contributed by atoms with E-state index in [-0.39, 0.29) is 33.8 Å². The average molecular weight is 582 g/mol. The SMILES string of the molecule is CC(=O)Cl.CC(=O)c1ccc(N)c(O)c1.CC(=O)c1ccc2nc(C)oc2c1.Cc1nc2ccc(C(=O)O)cc2o1. The zero-order valence-corrected chi connectivity index (χ0v) is 23.6. The third kappa shape index (κ3) is 9.90. The number of nitrogens with zero attached hydrogens (tertiary/aromatic N) is 2. The lowest BCUT2D eigenvalue weighted by Crippen LogP contribution is -1.94. The summed E-state index contributed by atoms with van der Waals surface area (Å²) in [4.78, 5) is 49.8. The van der Waals surface area contributed by atoms with Crippen molar-refractivity contribution in [2.24, 2.45) is 0 Å². The number of benzene rings is 3. The number of oxazole rings is 2. The molecule has 0 spiro atoms. The number of nitrogens with two attached hydrogens (primary N) is 1. The van der Waals surface area contributed by atoms with E-state index in [2.05, 4.69) is 21.6 Å². The molecule has 2 heterocycles. The van der Waals surface area contributed by atoms with Crippen molar-refractivity contribution < 1.29 is 38.2 Å². The van der Waals surface area contributed by atoms with E-state index < -0.39 is 5.97 Å². The maximum atomic E-state index is 11.0. The first-order chi connectivity index (χ1) is 19.2. The van der Waals surface area contributed by atoms with Crippen LogP contribution in [0.1, 0.15) is 63.6 Å². The Morgan fingerprint density at radius 3 is 1.54 bits per heavy atom. The molecule has 0 aliphatic carbocycles. The first-order valence-electron chi connectivity index (χ1n) is 11.9. The van der Waals surface area contributed by atoms with Gasteiger partial charge >= 0.3 is 5.97 Å². The highest BCUT2D eigenvalue weighted by molar-refractivity contribution is 6.62. The van der Waals surface area contributed by atoms with E-state index in [0.29, 0.717) is 39.6 Å². The number of aromatic hydroxyl groups is 1. The smallest absolute Gasteiger partial charge is 0.335 e. The maximum absolute atomic E-state index is 11.0. The Balaban J connectivity index is 0.000000203. The molecule has 4 N–H and O–H groups in total. The quantitative estimate of drug-likeness (QED) is 0.0963. The van der Waals surface area contributed by atoms with Crippen molar-refractivity contribution in [1.82, 2.24) is 9.97 Å². The number of hydrogen-bond donors (Lipinski definition) is 3. The molecule has 214 valence electrons. The summed E-state index contributed by atoms with van der Waals surface area (Å²) < 4.78 is 10.5. The van der Waals surface area contributed by atoms with Crippen molar-refractivity contribution >= 4 is 62.3 Å². The van der Waals surface area contributed by atoms with Crippen molar-refractivity contribution in [2.45, 2.75) is 34.6 Å². The summed E-state index contributed by atoms with van der Waals surface area (Å²) in [5.41, 5.74) is 9.61. The number of ketones is 2. The molecule has 12 heteroatoms. The van der Waals surface area contributed by atoms with Crippen LogP contribution in [0.5, 0.6) is 5.75 Å². The van der Waals surface area contributed by atoms with Gasteiger partial charge in [0.25, 0.3) is 0 Å². The van der Waals surface area contributed by atoms with Crippen LogP contribution in [0.4, 0.5) is 5.69 Å². The van der Waals surface area contributed by atoms with Crippen molar-refractivity contribution in [1.29, 1.82) is 0 Å². The minimum absolute atomic E-state index is 0.0379. The van der Waals surface area contributed by atoms with Crippen molar-refractivity contribution in [3.05, 3.63) is 83.1 Å². The van der Waals surface area contributed by atoms with Gasteiger partial charge in [0.1, 0.15) is 16.8 Å². The molecule has 0 aliphatic heterocycles. The molecule has 2 aromatic heterocycles. The highest BCUT2D eigenvalue weighted by Gasteiger charge is 2.07. The number of carboxylic acids is 1. The van der Waals surface area contributed by atoms with Gasteiger partial charge < -0.3 is 24.8 Å². The lowest BCUT2D eigenvalue weighted by molar-refractivity contribution is -0.109. The Kier molecular flexibility index (Phi) is 11.3. The predicted molar refractivity (Wildman–Crippen MR) is 154 cm³/mol. The minimum Gasteiger partial charge on any atom is -0.506 e. The highest BCUT2D eigenvalue weighted by Crippen LogP contribution is 2.21. The molecular weight excluding hydrogens is 554 g/mol. The first kappa shape index (κ1) is 32.2. The monoisotopic (exact) mass is 581 g/mol. The van der Waals surface area contributed by atoms with Crippen LogP contribution in [-0.4, -0.2) is 43.0 Å². The number of Topliss-reactive ketones (excluding diaryl/α,β-unsaturated/α-hetero) is 2. The minimum atomic E-state index is -0.962. The van der Waals surface area contributed by atoms with Gasteiger partial charge in [0.15, 0.2) is 34.5 Å². The normalized spacial score (nSPS) is 9.90. The van der Waals surface area contributed by atoms with Crippen LogP contribution in [-0.2, 0) is 4.79 Å². The fourth-order valence-electron chi connectivity index (χ4n) is 3.19. The van der Waals surface area contributed by atoms with Crippen molar-refractivity contribution in [2.75, 3.05) is 5.73 Å². The number of nitrogen functional groups attached to an aromatic ring is 1. The summed E-state index contributed by atoms with van der Waals surface area (Å²) in [5.74, 6) is 0.109. The number of anilines is 1. The molecule has 0 saturated carbocycles. The molecule has 0 saturated heterocycles. The molecule has 3 aromatic carbocycles. The van der Waals surface area contributed by atoms with E-state index in [0.717, 1.165) is 5.52 Å². The second kappa shape index (κ2) is 14.4. The van der Waals surface area contributed by atoms with Crippen LogP contribution >= 0.6 is 11.6 Å². The molecule has 0 radical (unpaired) electrons. The molecule has 0 unspecified atom stereocenters. The van der Waals surface area contributed by atoms with Crippen LogP contribution in [0.25, 0.3) is 22.2 Å². The van der Waals surface area contributed by atoms with Crippen molar-refractivity contribution in [3.63, 3.8) is 0 Å². The van der Waals surface area contributed by atoms with E-state index in [9.17, 15) is 19.2 Å². The summed E-state index contributed by atoms with van der Waals surface area (Å²) >= 11 is 4.64. The van der Waals surface area contributed by atoms with E-state index in [1.54, 1.807) is 44.2 Å². The van der Waals surface area contributed by atoms with Crippen LogP contribution in [0, 0.1) is 13.8 Å². The number of fused-ring (bicyclic) bond motifs is 2. The van der Waals surface area contributed by atoms with E-state index in [1.807, 2.05) is 0 Å². The molecule has 0 fully saturated rings. The number of aromatic carboxylic acids is 1. The van der Waals surface area contributed by atoms with Crippen LogP contribution in [0.2, 0.25) is 0 Å². The number of carboxylic acid groups (broad SMARTS) is 1. The Labute approximate surface area is 239 Å². The van der Waals surface area contributed by atoms with Gasteiger partial charge in [-0.3, -0.25) is 14.4 Å². The first-order valence-corrected chi connectivity index (χ1v) is 12.3. The van der Waals surface area contributed by atoms with E-state index in [1.165, 1.54) is 45.0 Å². The molecular formula is C29H28ClN3O8. The molecule has 0 amide bonds. The average Bonchev–Trinajstić information content (AvgIpc) is 3.45. The van der Waals surface area contributed by atoms with E-state index >= 15 is 0 Å². The number of carbonyl (C=O) groups is 4. The topological polar surface area (TPSA) is 187 Å². The number of hydrogen-bond acceptors (Lipinski definition) is 10. The number of rotatable bonds is 3. The number of phenolic OH excluding ortho intramolecular Hbond substituents is 1. The van der Waals surface area contributed by atoms with Gasteiger partial charge in [-0.2, -0.15) is 0 Å². The summed E-state index contributed by atoms with van der Waals surface area (Å²) in [6.07, 6.45) is 0. The number of aromatic nitrogens is 2. The van der Waals surface area contributed by atoms with Gasteiger partial charge in [-0.1, -0.05) is 0 Å². The van der Waals surface area contributed by atoms with Gasteiger partial charge in [0.05, 0.1) is 11.3 Å². The van der Waals surface area contributed by atoms with Crippen molar-refractivity contribution in [3.8, 4) is 5.75 Å². The standard InChI is InChI=1S/C10H9NO2.C9H7NO3.C8H9NO2.C2H3ClO/c1-6(12)8-3-4-9-10(5-8)13-7(2)11-9;1-5-10-7-3-2-6(9(11)12)4-8(7)13-5;1-5(10)6-2-3-7(9)8(11)4-6;1-2(3)4/h3-5H,1-2H3;2-4H,1H3,(H,11,12);2-4,11H,9H2,1H3;1H3. The zero-order valence-electron chi connectivity index (χ0n) is 22.9. The molecule has 5 rings (SSSR count). The fraction of sp³-hybridized carbons (Fsp3) is 0.172. The lowest BCUT2D eigenvalue weighted by Gasteiger charge is -1.99. The van der Waals surface area contributed by atoms with E-state index in [4.69, 9.17) is 24.8 Å². The largest absolute Gasteiger partial charge is 0.506 e. The second-order valence-electron chi connectivity index (χ2n) is 8.49. The fourth-order valence-corrected chi connectivity index (χ4v) is 3.19. The zero-order chi connectivity index (χ0) is 30.9. The van der Waals surface area contributed by atoms with Crippen LogP contribution in [0.15, 0.2) is 63.4 Å². The molecule has 0 bridgehead atoms. The Morgan fingerprint density at radius 2 is 1.12 bits per heavy atom. The molecule has 0 aliphatic rings. The number of carbonyl (C=O) groups excluding carboxylic acids is 3. The number of halogens is 1. The molecule has 5 aromatic rings. The van der Waals surface area contributed by atoms with Gasteiger partial charge in [-0.25, -0.2) is 14.8 Å². The number of phenols is 1. The summed E-state index contributed by atoms with van der Waals surface area (Å²) in [6.45, 7) is 7.77. The van der Waals surface area contributed by atoms with Gasteiger partial charge in [-0.15, -0.1) is 0 Å². The molecule has 41 heavy (non-hydrogen) atoms. The number of aryl methyl sites for hydroxylation is 2. The summed E-state index contributed by atoms with van der Waals surface area (Å²) in [7, 11) is 0. The van der Waals surface area contributed by atoms with Crippen LogP contribution < -0.4 is 5.73 Å². The Morgan fingerprint density at radius 1 is 0.732 bits per heavy atom. The summed E-state index contributed by atoms with van der Waals surface area (Å²) in [5, 5.41) is 17.4. The third-order valence-corrected chi connectivity index (χ3v) is 5.08. The molecule has 11 nitrogen and oxygen atoms in total. The highest BCUT2D eigenvalue weighted by atomic mass is 35.5. The Hall–Kier alpha value is -5.03. The maximum Gasteiger partial charge on any atom is 0.335 e.